The van der Waals surface area contributed by atoms with Gasteiger partial charge in [-0.3, -0.25) is 4.90 Å². The lowest BCUT2D eigenvalue weighted by atomic mass is 9.52. The van der Waals surface area contributed by atoms with Gasteiger partial charge in [0.15, 0.2) is 0 Å². The standard InChI is InChI=1S/C17H31N/c1-5-18(12-16(2,3)4)17-9-13-6-14(10-17)8-15(7-13)11-17/h13-15H,5-12H2,1-4H3. The Hall–Kier alpha value is -0.0400. The van der Waals surface area contributed by atoms with Crippen molar-refractivity contribution in [2.75, 3.05) is 13.1 Å². The Kier molecular flexibility index (Phi) is 3.05. The first-order valence-electron chi connectivity index (χ1n) is 8.15. The van der Waals surface area contributed by atoms with Crippen LogP contribution in [0.5, 0.6) is 0 Å². The van der Waals surface area contributed by atoms with Crippen LogP contribution in [0, 0.1) is 23.2 Å². The second kappa shape index (κ2) is 4.23. The second-order valence-corrected chi connectivity index (χ2v) is 8.72. The van der Waals surface area contributed by atoms with E-state index >= 15 is 0 Å². The van der Waals surface area contributed by atoms with Crippen molar-refractivity contribution in [1.82, 2.24) is 4.90 Å². The van der Waals surface area contributed by atoms with Gasteiger partial charge in [0, 0.05) is 12.1 Å². The lowest BCUT2D eigenvalue weighted by Crippen LogP contribution is -2.61. The largest absolute Gasteiger partial charge is 0.297 e. The van der Waals surface area contributed by atoms with E-state index in [0.29, 0.717) is 11.0 Å². The minimum absolute atomic E-state index is 0.444. The summed E-state index contributed by atoms with van der Waals surface area (Å²) in [5.41, 5.74) is 1.05. The molecule has 0 N–H and O–H groups in total. The Morgan fingerprint density at radius 1 is 0.944 bits per heavy atom. The zero-order valence-corrected chi connectivity index (χ0v) is 12.8. The molecule has 1 nitrogen and oxygen atoms in total. The van der Waals surface area contributed by atoms with Crippen molar-refractivity contribution >= 4 is 0 Å². The van der Waals surface area contributed by atoms with E-state index in [1.54, 1.807) is 19.3 Å². The van der Waals surface area contributed by atoms with Crippen molar-refractivity contribution < 1.29 is 0 Å². The molecule has 0 aromatic rings. The minimum Gasteiger partial charge on any atom is -0.297 e. The van der Waals surface area contributed by atoms with E-state index in [2.05, 4.69) is 32.6 Å². The van der Waals surface area contributed by atoms with Crippen molar-refractivity contribution in [1.29, 1.82) is 0 Å². The zero-order valence-electron chi connectivity index (χ0n) is 12.8. The highest BCUT2D eigenvalue weighted by Gasteiger charge is 2.53. The van der Waals surface area contributed by atoms with E-state index in [9.17, 15) is 0 Å². The van der Waals surface area contributed by atoms with E-state index in [0.717, 1.165) is 17.8 Å². The van der Waals surface area contributed by atoms with Gasteiger partial charge in [-0.1, -0.05) is 27.7 Å². The molecule has 0 heterocycles. The highest BCUT2D eigenvalue weighted by atomic mass is 15.2. The fraction of sp³-hybridized carbons (Fsp3) is 1.00. The Morgan fingerprint density at radius 2 is 1.39 bits per heavy atom. The summed E-state index contributed by atoms with van der Waals surface area (Å²) in [4.78, 5) is 2.87. The molecule has 0 unspecified atom stereocenters. The van der Waals surface area contributed by atoms with Gasteiger partial charge < -0.3 is 0 Å². The van der Waals surface area contributed by atoms with Crippen molar-refractivity contribution in [2.24, 2.45) is 23.2 Å². The van der Waals surface area contributed by atoms with Crippen LogP contribution in [0.1, 0.15) is 66.2 Å². The van der Waals surface area contributed by atoms with E-state index in [1.165, 1.54) is 32.4 Å². The van der Waals surface area contributed by atoms with Crippen molar-refractivity contribution in [3.63, 3.8) is 0 Å². The molecular weight excluding hydrogens is 218 g/mol. The summed E-state index contributed by atoms with van der Waals surface area (Å²) in [6.07, 6.45) is 9.24. The van der Waals surface area contributed by atoms with E-state index in [4.69, 9.17) is 0 Å². The smallest absolute Gasteiger partial charge is 0.0217 e. The summed E-state index contributed by atoms with van der Waals surface area (Å²) in [6, 6.07) is 0. The van der Waals surface area contributed by atoms with Gasteiger partial charge in [-0.2, -0.15) is 0 Å². The predicted molar refractivity (Wildman–Crippen MR) is 77.6 cm³/mol. The summed E-state index contributed by atoms with van der Waals surface area (Å²) < 4.78 is 0. The van der Waals surface area contributed by atoms with Gasteiger partial charge in [-0.15, -0.1) is 0 Å². The predicted octanol–water partition coefficient (Wildman–Crippen LogP) is 4.32. The quantitative estimate of drug-likeness (QED) is 0.720. The molecule has 1 heteroatoms. The molecule has 0 atom stereocenters. The summed E-state index contributed by atoms with van der Waals surface area (Å²) in [5, 5.41) is 0. The summed E-state index contributed by atoms with van der Waals surface area (Å²) in [6.45, 7) is 12.1. The van der Waals surface area contributed by atoms with E-state index in [-0.39, 0.29) is 0 Å². The van der Waals surface area contributed by atoms with Crippen LogP contribution in [0.25, 0.3) is 0 Å². The van der Waals surface area contributed by atoms with Gasteiger partial charge in [0.2, 0.25) is 0 Å². The molecule has 0 aromatic carbocycles. The fourth-order valence-electron chi connectivity index (χ4n) is 5.64. The third-order valence-corrected chi connectivity index (χ3v) is 5.72. The van der Waals surface area contributed by atoms with Gasteiger partial charge in [-0.25, -0.2) is 0 Å². The monoisotopic (exact) mass is 249 g/mol. The average molecular weight is 249 g/mol. The Bertz CT molecular complexity index is 277. The Labute approximate surface area is 113 Å². The molecule has 0 radical (unpaired) electrons. The Morgan fingerprint density at radius 3 is 1.72 bits per heavy atom. The molecule has 18 heavy (non-hydrogen) atoms. The molecule has 4 aliphatic carbocycles. The van der Waals surface area contributed by atoms with Crippen LogP contribution in [-0.2, 0) is 0 Å². The highest BCUT2D eigenvalue weighted by molar-refractivity contribution is 5.07. The maximum absolute atomic E-state index is 2.87. The van der Waals surface area contributed by atoms with Crippen LogP contribution in [0.3, 0.4) is 0 Å². The van der Waals surface area contributed by atoms with Gasteiger partial charge >= 0.3 is 0 Å². The molecule has 4 bridgehead atoms. The molecule has 4 rings (SSSR count). The lowest BCUT2D eigenvalue weighted by molar-refractivity contribution is -0.0956. The minimum atomic E-state index is 0.444. The third kappa shape index (κ3) is 2.24. The van der Waals surface area contributed by atoms with E-state index in [1.807, 2.05) is 0 Å². The summed E-state index contributed by atoms with van der Waals surface area (Å²) in [5.74, 6) is 3.22. The molecule has 4 fully saturated rings. The highest BCUT2D eigenvalue weighted by Crippen LogP contribution is 2.58. The average Bonchev–Trinajstić information content (AvgIpc) is 2.22. The second-order valence-electron chi connectivity index (χ2n) is 8.72. The van der Waals surface area contributed by atoms with Crippen LogP contribution in [0.2, 0.25) is 0 Å². The molecule has 0 aliphatic heterocycles. The molecule has 104 valence electrons. The van der Waals surface area contributed by atoms with Crippen molar-refractivity contribution in [3.05, 3.63) is 0 Å². The summed E-state index contributed by atoms with van der Waals surface area (Å²) in [7, 11) is 0. The molecule has 0 amide bonds. The van der Waals surface area contributed by atoms with Crippen molar-refractivity contribution in [2.45, 2.75) is 71.8 Å². The number of nitrogens with zero attached hydrogens (tertiary/aromatic N) is 1. The van der Waals surface area contributed by atoms with Crippen LogP contribution in [0.4, 0.5) is 0 Å². The first kappa shape index (κ1) is 13.0. The van der Waals surface area contributed by atoms with Crippen LogP contribution < -0.4 is 0 Å². The lowest BCUT2D eigenvalue weighted by Gasteiger charge is -2.61. The fourth-order valence-corrected chi connectivity index (χ4v) is 5.64. The van der Waals surface area contributed by atoms with Gasteiger partial charge in [0.1, 0.15) is 0 Å². The van der Waals surface area contributed by atoms with Crippen LogP contribution in [-0.4, -0.2) is 23.5 Å². The topological polar surface area (TPSA) is 3.24 Å². The van der Waals surface area contributed by atoms with Crippen LogP contribution in [0.15, 0.2) is 0 Å². The number of rotatable bonds is 3. The normalized spacial score (nSPS) is 42.8. The summed E-state index contributed by atoms with van der Waals surface area (Å²) >= 11 is 0. The van der Waals surface area contributed by atoms with Gasteiger partial charge in [0.05, 0.1) is 0 Å². The molecule has 4 saturated carbocycles. The molecule has 0 aromatic heterocycles. The van der Waals surface area contributed by atoms with Gasteiger partial charge in [0.25, 0.3) is 0 Å². The SMILES string of the molecule is CCN(CC(C)(C)C)C12CC3CC(CC(C3)C1)C2. The molecular formula is C17H31N. The molecule has 4 aliphatic rings. The van der Waals surface area contributed by atoms with Crippen molar-refractivity contribution in [3.8, 4) is 0 Å². The number of hydrogen-bond donors (Lipinski definition) is 0. The first-order chi connectivity index (χ1) is 8.40. The molecule has 0 spiro atoms. The number of hydrogen-bond acceptors (Lipinski definition) is 1. The maximum atomic E-state index is 2.87. The third-order valence-electron chi connectivity index (χ3n) is 5.72. The van der Waals surface area contributed by atoms with Crippen LogP contribution >= 0.6 is 0 Å². The first-order valence-corrected chi connectivity index (χ1v) is 8.15. The van der Waals surface area contributed by atoms with E-state index < -0.39 is 0 Å². The van der Waals surface area contributed by atoms with Gasteiger partial charge in [-0.05, 0) is 68.2 Å². The zero-order chi connectivity index (χ0) is 13.0. The maximum Gasteiger partial charge on any atom is 0.0217 e. The Balaban J connectivity index is 1.80. The molecule has 0 saturated heterocycles.